The molecule has 1 saturated heterocycles. The number of ether oxygens (including phenoxy) is 1. The van der Waals surface area contributed by atoms with Crippen LogP contribution in [0.2, 0.25) is 0 Å². The summed E-state index contributed by atoms with van der Waals surface area (Å²) in [4.78, 5) is 15.0. The summed E-state index contributed by atoms with van der Waals surface area (Å²) >= 11 is 0. The third kappa shape index (κ3) is 4.12. The van der Waals surface area contributed by atoms with E-state index in [2.05, 4.69) is 30.6 Å². The number of nitrogens with one attached hydrogen (secondary N) is 2. The molecule has 2 aromatic heterocycles. The molecule has 0 saturated carbocycles. The fourth-order valence-electron chi connectivity index (χ4n) is 4.07. The molecule has 1 aliphatic rings. The lowest BCUT2D eigenvalue weighted by Gasteiger charge is -2.32. The molecule has 2 aromatic carbocycles. The molecule has 8 nitrogen and oxygen atoms in total. The minimum absolute atomic E-state index is 0.0244. The Kier molecular flexibility index (Phi) is 5.41. The van der Waals surface area contributed by atoms with E-state index in [9.17, 15) is 4.79 Å². The maximum absolute atomic E-state index is 12.9. The predicted molar refractivity (Wildman–Crippen MR) is 124 cm³/mol. The van der Waals surface area contributed by atoms with Gasteiger partial charge in [0.25, 0.3) is 0 Å². The van der Waals surface area contributed by atoms with Crippen molar-refractivity contribution >= 4 is 28.3 Å². The highest BCUT2D eigenvalue weighted by atomic mass is 16.5. The smallest absolute Gasteiger partial charge is 0.229 e. The van der Waals surface area contributed by atoms with E-state index in [1.165, 1.54) is 0 Å². The number of carbonyl (C=O) groups excluding carboxylic acids is 1. The number of nitrogens with zero attached hydrogens (tertiary/aromatic N) is 4. The van der Waals surface area contributed by atoms with Crippen molar-refractivity contribution in [3.8, 4) is 17.0 Å². The van der Waals surface area contributed by atoms with Crippen LogP contribution in [0.3, 0.4) is 0 Å². The van der Waals surface area contributed by atoms with Gasteiger partial charge in [0.1, 0.15) is 5.75 Å². The molecule has 5 rings (SSSR count). The molecule has 3 heterocycles. The largest absolute Gasteiger partial charge is 0.497 e. The molecule has 1 atom stereocenters. The first-order chi connectivity index (χ1) is 15.7. The number of piperidine rings is 1. The number of rotatable bonds is 5. The van der Waals surface area contributed by atoms with E-state index < -0.39 is 0 Å². The van der Waals surface area contributed by atoms with Crippen LogP contribution in [0, 0.1) is 5.92 Å². The summed E-state index contributed by atoms with van der Waals surface area (Å²) in [7, 11) is 1.65. The summed E-state index contributed by atoms with van der Waals surface area (Å²) < 4.78 is 5.21. The normalized spacial score (nSPS) is 16.2. The van der Waals surface area contributed by atoms with E-state index in [1.54, 1.807) is 13.3 Å². The van der Waals surface area contributed by atoms with Crippen molar-refractivity contribution in [3.05, 3.63) is 60.8 Å². The number of benzene rings is 2. The molecular weight excluding hydrogens is 404 g/mol. The Hall–Kier alpha value is -3.94. The second-order valence-electron chi connectivity index (χ2n) is 7.95. The molecule has 1 fully saturated rings. The Morgan fingerprint density at radius 1 is 1.12 bits per heavy atom. The number of fused-ring (bicyclic) bond motifs is 1. The predicted octanol–water partition coefficient (Wildman–Crippen LogP) is 3.88. The zero-order valence-corrected chi connectivity index (χ0v) is 17.8. The van der Waals surface area contributed by atoms with E-state index >= 15 is 0 Å². The van der Waals surface area contributed by atoms with Crippen LogP contribution in [0.4, 0.5) is 11.5 Å². The Morgan fingerprint density at radius 2 is 2.00 bits per heavy atom. The summed E-state index contributed by atoms with van der Waals surface area (Å²) in [5, 5.41) is 19.8. The highest BCUT2D eigenvalue weighted by Crippen LogP contribution is 2.25. The highest BCUT2D eigenvalue weighted by Gasteiger charge is 2.27. The SMILES string of the molecule is COc1ccc(-c2ccc(N3CCCC(C(=O)Nc4ccc5cn[nH]c5c4)C3)nn2)cc1. The minimum Gasteiger partial charge on any atom is -0.497 e. The molecule has 1 unspecified atom stereocenters. The van der Waals surface area contributed by atoms with Gasteiger partial charge in [-0.05, 0) is 67.4 Å². The molecule has 0 spiro atoms. The van der Waals surface area contributed by atoms with E-state index in [0.717, 1.165) is 58.8 Å². The first-order valence-corrected chi connectivity index (χ1v) is 10.7. The van der Waals surface area contributed by atoms with Crippen molar-refractivity contribution in [1.29, 1.82) is 0 Å². The Bertz CT molecular complexity index is 1220. The van der Waals surface area contributed by atoms with Crippen LogP contribution in [0.5, 0.6) is 5.75 Å². The fraction of sp³-hybridized carbons (Fsp3) is 0.250. The summed E-state index contributed by atoms with van der Waals surface area (Å²) in [5.74, 6) is 1.51. The number of aromatic nitrogens is 4. The average Bonchev–Trinajstić information content (AvgIpc) is 3.32. The lowest BCUT2D eigenvalue weighted by Crippen LogP contribution is -2.41. The first-order valence-electron chi connectivity index (χ1n) is 10.7. The number of amides is 1. The van der Waals surface area contributed by atoms with Crippen LogP contribution in [-0.4, -0.2) is 46.5 Å². The summed E-state index contributed by atoms with van der Waals surface area (Å²) in [6.45, 7) is 1.48. The molecule has 1 aliphatic heterocycles. The summed E-state index contributed by atoms with van der Waals surface area (Å²) in [6, 6.07) is 17.4. The van der Waals surface area contributed by atoms with Crippen molar-refractivity contribution in [3.63, 3.8) is 0 Å². The molecule has 8 heteroatoms. The maximum Gasteiger partial charge on any atom is 0.229 e. The van der Waals surface area contributed by atoms with Crippen LogP contribution in [0.15, 0.2) is 60.8 Å². The summed E-state index contributed by atoms with van der Waals surface area (Å²) in [5.41, 5.74) is 3.46. The molecule has 32 heavy (non-hydrogen) atoms. The topological polar surface area (TPSA) is 96.0 Å². The average molecular weight is 428 g/mol. The van der Waals surface area contributed by atoms with Crippen LogP contribution in [0.1, 0.15) is 12.8 Å². The Morgan fingerprint density at radius 3 is 2.78 bits per heavy atom. The van der Waals surface area contributed by atoms with Crippen molar-refractivity contribution in [2.75, 3.05) is 30.4 Å². The first kappa shape index (κ1) is 20.0. The highest BCUT2D eigenvalue weighted by molar-refractivity contribution is 5.95. The van der Waals surface area contributed by atoms with Crippen LogP contribution in [0.25, 0.3) is 22.2 Å². The van der Waals surface area contributed by atoms with Crippen molar-refractivity contribution < 1.29 is 9.53 Å². The number of aromatic amines is 1. The van der Waals surface area contributed by atoms with Crippen molar-refractivity contribution in [1.82, 2.24) is 20.4 Å². The van der Waals surface area contributed by atoms with Crippen LogP contribution < -0.4 is 15.0 Å². The van der Waals surface area contributed by atoms with Gasteiger partial charge in [0.15, 0.2) is 5.82 Å². The van der Waals surface area contributed by atoms with Gasteiger partial charge in [0.2, 0.25) is 5.91 Å². The molecule has 1 amide bonds. The van der Waals surface area contributed by atoms with Crippen molar-refractivity contribution in [2.24, 2.45) is 5.92 Å². The van der Waals surface area contributed by atoms with E-state index in [0.29, 0.717) is 6.54 Å². The van der Waals surface area contributed by atoms with Gasteiger partial charge >= 0.3 is 0 Å². The molecular formula is C24H24N6O2. The van der Waals surface area contributed by atoms with Crippen molar-refractivity contribution in [2.45, 2.75) is 12.8 Å². The zero-order chi connectivity index (χ0) is 21.9. The number of H-pyrrole nitrogens is 1. The maximum atomic E-state index is 12.9. The molecule has 0 radical (unpaired) electrons. The Balaban J connectivity index is 1.25. The van der Waals surface area contributed by atoms with Crippen LogP contribution >= 0.6 is 0 Å². The van der Waals surface area contributed by atoms with Gasteiger partial charge in [-0.1, -0.05) is 0 Å². The van der Waals surface area contributed by atoms with Gasteiger partial charge in [-0.15, -0.1) is 10.2 Å². The second-order valence-corrected chi connectivity index (χ2v) is 7.95. The number of hydrogen-bond donors (Lipinski definition) is 2. The molecule has 162 valence electrons. The lowest BCUT2D eigenvalue weighted by atomic mass is 9.97. The second kappa shape index (κ2) is 8.66. The third-order valence-electron chi connectivity index (χ3n) is 5.86. The monoisotopic (exact) mass is 428 g/mol. The van der Waals surface area contributed by atoms with E-state index in [1.807, 2.05) is 54.6 Å². The van der Waals surface area contributed by atoms with Gasteiger partial charge in [0, 0.05) is 29.7 Å². The quantitative estimate of drug-likeness (QED) is 0.501. The minimum atomic E-state index is -0.107. The Labute approximate surface area is 185 Å². The number of anilines is 2. The molecule has 4 aromatic rings. The third-order valence-corrected chi connectivity index (χ3v) is 5.86. The van der Waals surface area contributed by atoms with Gasteiger partial charge in [0.05, 0.1) is 30.4 Å². The summed E-state index contributed by atoms with van der Waals surface area (Å²) in [6.07, 6.45) is 3.55. The van der Waals surface area contributed by atoms with E-state index in [4.69, 9.17) is 4.74 Å². The number of methoxy groups -OCH3 is 1. The van der Waals surface area contributed by atoms with Gasteiger partial charge in [-0.25, -0.2) is 0 Å². The van der Waals surface area contributed by atoms with Gasteiger partial charge < -0.3 is 15.0 Å². The molecule has 0 bridgehead atoms. The van der Waals surface area contributed by atoms with Crippen LogP contribution in [-0.2, 0) is 4.79 Å². The lowest BCUT2D eigenvalue weighted by molar-refractivity contribution is -0.120. The standard InChI is InChI=1S/C24H24N6O2/c1-32-20-8-5-16(6-9-20)21-10-11-23(29-28-21)30-12-2-3-18(15-30)24(31)26-19-7-4-17-14-25-27-22(17)13-19/h4-11,13-14,18H,2-3,12,15H2,1H3,(H,25,27)(H,26,31). The van der Waals surface area contributed by atoms with Gasteiger partial charge in [-0.2, -0.15) is 5.10 Å². The van der Waals surface area contributed by atoms with E-state index in [-0.39, 0.29) is 11.8 Å². The number of hydrogen-bond acceptors (Lipinski definition) is 6. The zero-order valence-electron chi connectivity index (χ0n) is 17.8. The fourth-order valence-corrected chi connectivity index (χ4v) is 4.07. The molecule has 0 aliphatic carbocycles. The number of carbonyl (C=O) groups is 1. The van der Waals surface area contributed by atoms with Gasteiger partial charge in [-0.3, -0.25) is 9.89 Å². The molecule has 2 N–H and O–H groups in total.